The zero-order chi connectivity index (χ0) is 19.1. The first kappa shape index (κ1) is 19.5. The van der Waals surface area contributed by atoms with E-state index < -0.39 is 0 Å². The fourth-order valence-electron chi connectivity index (χ4n) is 3.71. The molecule has 2 aromatic rings. The van der Waals surface area contributed by atoms with E-state index >= 15 is 0 Å². The van der Waals surface area contributed by atoms with Crippen LogP contribution in [0.4, 0.5) is 0 Å². The second-order valence-electron chi connectivity index (χ2n) is 7.53. The Morgan fingerprint density at radius 2 is 1.81 bits per heavy atom. The summed E-state index contributed by atoms with van der Waals surface area (Å²) in [5.74, 6) is 0.966. The molecule has 0 unspecified atom stereocenters. The number of amides is 1. The molecule has 3 rings (SSSR count). The summed E-state index contributed by atoms with van der Waals surface area (Å²) in [6.45, 7) is 4.75. The van der Waals surface area contributed by atoms with E-state index in [9.17, 15) is 4.79 Å². The topological polar surface area (TPSA) is 38.3 Å². The number of rotatable bonds is 8. The highest BCUT2D eigenvalue weighted by Gasteiger charge is 2.16. The van der Waals surface area contributed by atoms with E-state index in [1.807, 2.05) is 24.3 Å². The predicted octanol–water partition coefficient (Wildman–Crippen LogP) is 5.30. The maximum atomic E-state index is 12.4. The highest BCUT2D eigenvalue weighted by Crippen LogP contribution is 2.26. The van der Waals surface area contributed by atoms with Crippen molar-refractivity contribution in [2.45, 2.75) is 64.8 Å². The molecule has 2 aromatic carbocycles. The molecule has 0 radical (unpaired) electrons. The van der Waals surface area contributed by atoms with E-state index in [1.54, 1.807) is 0 Å². The van der Waals surface area contributed by atoms with Crippen LogP contribution in [0, 0.1) is 6.92 Å². The molecular weight excluding hydrogens is 334 g/mol. The van der Waals surface area contributed by atoms with Gasteiger partial charge in [0.25, 0.3) is 0 Å². The van der Waals surface area contributed by atoms with Gasteiger partial charge in [0.05, 0.1) is 12.6 Å². The van der Waals surface area contributed by atoms with Crippen molar-refractivity contribution in [3.8, 4) is 5.75 Å². The smallest absolute Gasteiger partial charge is 0.220 e. The van der Waals surface area contributed by atoms with Crippen LogP contribution in [0.5, 0.6) is 5.75 Å². The van der Waals surface area contributed by atoms with Crippen LogP contribution in [0.25, 0.3) is 0 Å². The number of nitrogens with one attached hydrogen (secondary N) is 1. The summed E-state index contributed by atoms with van der Waals surface area (Å²) in [5.41, 5.74) is 5.41. The lowest BCUT2D eigenvalue weighted by atomic mass is 9.89. The number of aryl methyl sites for hydroxylation is 3. The quantitative estimate of drug-likeness (QED) is 0.645. The minimum Gasteiger partial charge on any atom is -0.494 e. The average Bonchev–Trinajstić information content (AvgIpc) is 2.70. The summed E-state index contributed by atoms with van der Waals surface area (Å²) in [6, 6.07) is 14.9. The standard InChI is InChI=1S/C24H31NO2/c1-3-23(21-13-12-19-7-4-5-8-20(19)17-21)25-24(26)9-6-16-27-22-14-10-18(2)11-15-22/h10-15,17,23H,3-9,16H2,1-2H3,(H,25,26)/t23-/m1/s1. The van der Waals surface area contributed by atoms with Crippen molar-refractivity contribution in [2.75, 3.05) is 6.61 Å². The summed E-state index contributed by atoms with van der Waals surface area (Å²) in [4.78, 5) is 12.4. The van der Waals surface area contributed by atoms with Gasteiger partial charge in [0.15, 0.2) is 0 Å². The lowest BCUT2D eigenvalue weighted by Gasteiger charge is -2.21. The Hall–Kier alpha value is -2.29. The summed E-state index contributed by atoms with van der Waals surface area (Å²) in [5, 5.41) is 3.20. The number of benzene rings is 2. The van der Waals surface area contributed by atoms with Crippen LogP contribution < -0.4 is 10.1 Å². The largest absolute Gasteiger partial charge is 0.494 e. The molecule has 27 heavy (non-hydrogen) atoms. The maximum Gasteiger partial charge on any atom is 0.220 e. The molecule has 1 atom stereocenters. The Labute approximate surface area is 163 Å². The van der Waals surface area contributed by atoms with E-state index in [1.165, 1.54) is 47.9 Å². The first-order chi connectivity index (χ1) is 13.2. The Bertz CT molecular complexity index is 751. The van der Waals surface area contributed by atoms with Gasteiger partial charge >= 0.3 is 0 Å². The predicted molar refractivity (Wildman–Crippen MR) is 110 cm³/mol. The molecule has 3 nitrogen and oxygen atoms in total. The molecule has 0 bridgehead atoms. The van der Waals surface area contributed by atoms with Crippen LogP contribution in [-0.2, 0) is 17.6 Å². The van der Waals surface area contributed by atoms with Gasteiger partial charge in [-0.1, -0.05) is 42.8 Å². The zero-order valence-corrected chi connectivity index (χ0v) is 16.6. The Morgan fingerprint density at radius 3 is 2.56 bits per heavy atom. The number of hydrogen-bond donors (Lipinski definition) is 1. The molecule has 0 saturated carbocycles. The summed E-state index contributed by atoms with van der Waals surface area (Å²) < 4.78 is 5.71. The maximum absolute atomic E-state index is 12.4. The fourth-order valence-corrected chi connectivity index (χ4v) is 3.71. The van der Waals surface area contributed by atoms with E-state index in [2.05, 4.69) is 37.4 Å². The number of carbonyl (C=O) groups is 1. The van der Waals surface area contributed by atoms with Gasteiger partial charge in [0.1, 0.15) is 5.75 Å². The Kier molecular flexibility index (Phi) is 6.92. The molecule has 1 N–H and O–H groups in total. The summed E-state index contributed by atoms with van der Waals surface area (Å²) in [7, 11) is 0. The summed E-state index contributed by atoms with van der Waals surface area (Å²) >= 11 is 0. The lowest BCUT2D eigenvalue weighted by Crippen LogP contribution is -2.28. The average molecular weight is 366 g/mol. The minimum atomic E-state index is 0.0998. The van der Waals surface area contributed by atoms with Crippen molar-refractivity contribution in [1.29, 1.82) is 0 Å². The molecule has 0 saturated heterocycles. The zero-order valence-electron chi connectivity index (χ0n) is 16.6. The molecule has 0 heterocycles. The fraction of sp³-hybridized carbons (Fsp3) is 0.458. The molecule has 1 aliphatic carbocycles. The van der Waals surface area contributed by atoms with Gasteiger partial charge in [0.2, 0.25) is 5.91 Å². The van der Waals surface area contributed by atoms with Crippen molar-refractivity contribution < 1.29 is 9.53 Å². The number of fused-ring (bicyclic) bond motifs is 1. The van der Waals surface area contributed by atoms with Crippen LogP contribution in [-0.4, -0.2) is 12.5 Å². The third kappa shape index (κ3) is 5.59. The van der Waals surface area contributed by atoms with Gasteiger partial charge in [-0.25, -0.2) is 0 Å². The monoisotopic (exact) mass is 365 g/mol. The molecule has 1 amide bonds. The normalized spacial score (nSPS) is 14.3. The van der Waals surface area contributed by atoms with Crippen LogP contribution in [0.3, 0.4) is 0 Å². The lowest BCUT2D eigenvalue weighted by molar-refractivity contribution is -0.122. The van der Waals surface area contributed by atoms with Crippen molar-refractivity contribution in [1.82, 2.24) is 5.32 Å². The second kappa shape index (κ2) is 9.59. The molecule has 0 aromatic heterocycles. The van der Waals surface area contributed by atoms with Gasteiger partial charge in [-0.15, -0.1) is 0 Å². The molecule has 0 fully saturated rings. The van der Waals surface area contributed by atoms with Crippen molar-refractivity contribution in [3.63, 3.8) is 0 Å². The highest BCUT2D eigenvalue weighted by atomic mass is 16.5. The molecular formula is C24H31NO2. The third-order valence-electron chi connectivity index (χ3n) is 5.36. The van der Waals surface area contributed by atoms with Crippen LogP contribution >= 0.6 is 0 Å². The highest BCUT2D eigenvalue weighted by molar-refractivity contribution is 5.76. The van der Waals surface area contributed by atoms with Crippen LogP contribution in [0.1, 0.15) is 67.3 Å². The first-order valence-electron chi connectivity index (χ1n) is 10.3. The number of ether oxygens (including phenoxy) is 1. The van der Waals surface area contributed by atoms with E-state index in [0.29, 0.717) is 13.0 Å². The van der Waals surface area contributed by atoms with Crippen molar-refractivity contribution in [2.24, 2.45) is 0 Å². The van der Waals surface area contributed by atoms with E-state index in [4.69, 9.17) is 4.74 Å². The molecule has 0 aliphatic heterocycles. The SMILES string of the molecule is CC[C@@H](NC(=O)CCCOc1ccc(C)cc1)c1ccc2c(c1)CCCC2. The van der Waals surface area contributed by atoms with E-state index in [-0.39, 0.29) is 11.9 Å². The van der Waals surface area contributed by atoms with Gasteiger partial charge in [-0.05, 0) is 74.3 Å². The number of hydrogen-bond acceptors (Lipinski definition) is 2. The Morgan fingerprint density at radius 1 is 1.07 bits per heavy atom. The van der Waals surface area contributed by atoms with Crippen LogP contribution in [0.15, 0.2) is 42.5 Å². The molecule has 1 aliphatic rings. The number of carbonyl (C=O) groups excluding carboxylic acids is 1. The molecule has 3 heteroatoms. The van der Waals surface area contributed by atoms with Crippen LogP contribution in [0.2, 0.25) is 0 Å². The third-order valence-corrected chi connectivity index (χ3v) is 5.36. The van der Waals surface area contributed by atoms with Crippen molar-refractivity contribution in [3.05, 3.63) is 64.7 Å². The van der Waals surface area contributed by atoms with E-state index in [0.717, 1.165) is 18.6 Å². The van der Waals surface area contributed by atoms with Gasteiger partial charge < -0.3 is 10.1 Å². The second-order valence-corrected chi connectivity index (χ2v) is 7.53. The van der Waals surface area contributed by atoms with Gasteiger partial charge in [0, 0.05) is 6.42 Å². The summed E-state index contributed by atoms with van der Waals surface area (Å²) in [6.07, 6.45) is 7.06. The molecule has 144 valence electrons. The Balaban J connectivity index is 1.46. The van der Waals surface area contributed by atoms with Gasteiger partial charge in [-0.3, -0.25) is 4.79 Å². The molecule has 0 spiro atoms. The van der Waals surface area contributed by atoms with Gasteiger partial charge in [-0.2, -0.15) is 0 Å². The minimum absolute atomic E-state index is 0.0998. The first-order valence-corrected chi connectivity index (χ1v) is 10.3. The van der Waals surface area contributed by atoms with Crippen molar-refractivity contribution >= 4 is 5.91 Å².